The van der Waals surface area contributed by atoms with E-state index in [1.54, 1.807) is 49.5 Å². The van der Waals surface area contributed by atoms with Crippen LogP contribution in [0.25, 0.3) is 0 Å². The predicted octanol–water partition coefficient (Wildman–Crippen LogP) is 2.58. The van der Waals surface area contributed by atoms with Crippen LogP contribution in [0.15, 0.2) is 58.4 Å². The molecule has 3 aromatic rings. The van der Waals surface area contributed by atoms with Gasteiger partial charge < -0.3 is 19.1 Å². The van der Waals surface area contributed by atoms with Crippen molar-refractivity contribution in [3.05, 3.63) is 68.6 Å². The molecule has 40 heavy (non-hydrogen) atoms. The summed E-state index contributed by atoms with van der Waals surface area (Å²) in [6.45, 7) is 1.69. The molecule has 208 valence electrons. The highest BCUT2D eigenvalue weighted by molar-refractivity contribution is 8.00. The van der Waals surface area contributed by atoms with E-state index in [9.17, 15) is 19.2 Å². The highest BCUT2D eigenvalue weighted by Gasteiger charge is 2.57. The van der Waals surface area contributed by atoms with E-state index in [0.717, 1.165) is 11.3 Å². The fourth-order valence-electron chi connectivity index (χ4n) is 5.55. The maximum absolute atomic E-state index is 14.0. The van der Waals surface area contributed by atoms with Crippen molar-refractivity contribution in [2.24, 2.45) is 5.92 Å². The number of benzene rings is 2. The summed E-state index contributed by atoms with van der Waals surface area (Å²) >= 11 is 2.21. The number of ether oxygens (including phenoxy) is 3. The van der Waals surface area contributed by atoms with Gasteiger partial charge in [-0.15, -0.1) is 0 Å². The van der Waals surface area contributed by atoms with Crippen molar-refractivity contribution in [1.29, 1.82) is 0 Å². The van der Waals surface area contributed by atoms with E-state index in [1.807, 2.05) is 18.2 Å². The molecular weight excluding hydrogens is 554 g/mol. The normalized spacial score (nSPS) is 22.2. The zero-order chi connectivity index (χ0) is 28.0. The molecule has 0 saturated carbocycles. The quantitative estimate of drug-likeness (QED) is 0.409. The van der Waals surface area contributed by atoms with Gasteiger partial charge in [-0.2, -0.15) is 0 Å². The van der Waals surface area contributed by atoms with Crippen molar-refractivity contribution in [1.82, 2.24) is 9.47 Å². The fraction of sp³-hybridized carbons (Fsp3) is 0.357. The Morgan fingerprint density at radius 2 is 1.70 bits per heavy atom. The Balaban J connectivity index is 1.45. The Morgan fingerprint density at radius 3 is 2.40 bits per heavy atom. The minimum atomic E-state index is -0.782. The van der Waals surface area contributed by atoms with Gasteiger partial charge in [-0.05, 0) is 30.3 Å². The smallest absolute Gasteiger partial charge is 0.308 e. The first-order valence-electron chi connectivity index (χ1n) is 12.8. The van der Waals surface area contributed by atoms with Gasteiger partial charge >= 0.3 is 4.87 Å². The summed E-state index contributed by atoms with van der Waals surface area (Å²) in [5.41, 5.74) is 1.17. The number of rotatable bonds is 6. The largest absolute Gasteiger partial charge is 0.497 e. The molecule has 0 radical (unpaired) electrons. The summed E-state index contributed by atoms with van der Waals surface area (Å²) in [5.74, 6) is -1.08. The topological polar surface area (TPSA) is 107 Å². The summed E-state index contributed by atoms with van der Waals surface area (Å²) in [6, 6.07) is 14.1. The monoisotopic (exact) mass is 581 g/mol. The first kappa shape index (κ1) is 26.6. The van der Waals surface area contributed by atoms with Crippen molar-refractivity contribution < 1.29 is 28.6 Å². The predicted molar refractivity (Wildman–Crippen MR) is 149 cm³/mol. The molecule has 4 heterocycles. The second-order valence-corrected chi connectivity index (χ2v) is 11.7. The van der Waals surface area contributed by atoms with Crippen LogP contribution in [0.4, 0.5) is 5.69 Å². The van der Waals surface area contributed by atoms with E-state index in [0.29, 0.717) is 59.0 Å². The van der Waals surface area contributed by atoms with Gasteiger partial charge in [-0.3, -0.25) is 23.7 Å². The number of morpholine rings is 1. The van der Waals surface area contributed by atoms with E-state index in [1.165, 1.54) is 21.2 Å². The third-order valence-electron chi connectivity index (χ3n) is 7.51. The number of para-hydroxylation sites is 1. The van der Waals surface area contributed by atoms with E-state index in [4.69, 9.17) is 14.2 Å². The molecular formula is C28H27N3O7S2. The van der Waals surface area contributed by atoms with Crippen LogP contribution in [0.5, 0.6) is 11.5 Å². The van der Waals surface area contributed by atoms with Crippen LogP contribution >= 0.6 is 23.1 Å². The summed E-state index contributed by atoms with van der Waals surface area (Å²) in [4.78, 5) is 57.7. The van der Waals surface area contributed by atoms with Crippen molar-refractivity contribution in [3.63, 3.8) is 0 Å². The Morgan fingerprint density at radius 1 is 0.975 bits per heavy atom. The molecule has 0 bridgehead atoms. The Bertz CT molecular complexity index is 1530. The van der Waals surface area contributed by atoms with E-state index >= 15 is 0 Å². The summed E-state index contributed by atoms with van der Waals surface area (Å²) in [7, 11) is 3.10. The van der Waals surface area contributed by atoms with Crippen LogP contribution in [-0.2, 0) is 25.7 Å². The summed E-state index contributed by atoms with van der Waals surface area (Å²) < 4.78 is 17.7. The van der Waals surface area contributed by atoms with Crippen LogP contribution in [0, 0.1) is 5.92 Å². The third kappa shape index (κ3) is 4.40. The van der Waals surface area contributed by atoms with Crippen LogP contribution in [0.1, 0.15) is 16.4 Å². The first-order valence-corrected chi connectivity index (χ1v) is 14.5. The first-order chi connectivity index (χ1) is 19.4. The van der Waals surface area contributed by atoms with Crippen molar-refractivity contribution in [3.8, 4) is 11.5 Å². The number of hydrogen-bond acceptors (Lipinski definition) is 9. The SMILES string of the molecule is COc1ccc(N2C(=O)C3Sc4c(sc(=O)n4CC(=O)N4CCOCC4)[C@H](c4ccccc4OC)C3C2=O)cc1. The molecule has 12 heteroatoms. The van der Waals surface area contributed by atoms with Crippen molar-refractivity contribution in [2.75, 3.05) is 45.4 Å². The molecule has 1 aromatic heterocycles. The molecule has 2 fully saturated rings. The summed E-state index contributed by atoms with van der Waals surface area (Å²) in [6.07, 6.45) is 0. The van der Waals surface area contributed by atoms with E-state index in [-0.39, 0.29) is 29.1 Å². The minimum absolute atomic E-state index is 0.141. The van der Waals surface area contributed by atoms with Gasteiger partial charge in [0.25, 0.3) is 0 Å². The number of thioether (sulfide) groups is 1. The molecule has 3 aliphatic rings. The van der Waals surface area contributed by atoms with Gasteiger partial charge in [0.1, 0.15) is 23.3 Å². The summed E-state index contributed by atoms with van der Waals surface area (Å²) in [5, 5.41) is -0.234. The number of nitrogens with zero attached hydrogens (tertiary/aromatic N) is 3. The molecule has 3 amide bonds. The van der Waals surface area contributed by atoms with Gasteiger partial charge in [0.05, 0.1) is 44.1 Å². The van der Waals surface area contributed by atoms with Crippen LogP contribution < -0.4 is 19.2 Å². The number of fused-ring (bicyclic) bond motifs is 2. The number of carbonyl (C=O) groups is 3. The molecule has 10 nitrogen and oxygen atoms in total. The van der Waals surface area contributed by atoms with Crippen LogP contribution in [0.2, 0.25) is 0 Å². The molecule has 3 atom stereocenters. The number of carbonyl (C=O) groups excluding carboxylic acids is 3. The number of aromatic nitrogens is 1. The third-order valence-corrected chi connectivity index (χ3v) is 10.1. The molecule has 2 aromatic carbocycles. The maximum Gasteiger partial charge on any atom is 0.308 e. The maximum atomic E-state index is 14.0. The van der Waals surface area contributed by atoms with Gasteiger partial charge in [0, 0.05) is 29.4 Å². The Hall–Kier alpha value is -3.61. The number of amides is 3. The molecule has 0 spiro atoms. The lowest BCUT2D eigenvalue weighted by Crippen LogP contribution is -2.43. The molecule has 0 aliphatic carbocycles. The average Bonchev–Trinajstić information content (AvgIpc) is 3.43. The molecule has 3 aliphatic heterocycles. The van der Waals surface area contributed by atoms with Crippen LogP contribution in [-0.4, -0.2) is 73.0 Å². The van der Waals surface area contributed by atoms with E-state index < -0.39 is 17.1 Å². The number of anilines is 1. The fourth-order valence-corrected chi connectivity index (χ4v) is 8.31. The van der Waals surface area contributed by atoms with Crippen molar-refractivity contribution in [2.45, 2.75) is 22.7 Å². The number of thiazole rings is 1. The van der Waals surface area contributed by atoms with Crippen molar-refractivity contribution >= 4 is 46.5 Å². The highest BCUT2D eigenvalue weighted by atomic mass is 32.2. The van der Waals surface area contributed by atoms with Gasteiger partial charge in [0.2, 0.25) is 17.7 Å². The minimum Gasteiger partial charge on any atom is -0.497 e. The lowest BCUT2D eigenvalue weighted by atomic mass is 9.82. The number of hydrogen-bond donors (Lipinski definition) is 0. The standard InChI is InChI=1S/C28H27N3O7S2/c1-36-17-9-7-16(8-10-17)31-25(33)22-21(18-5-3-4-6-19(18)37-2)24-27(39-23(22)26(31)34)30(28(35)40-24)15-20(32)29-11-13-38-14-12-29/h3-10,21-23H,11-15H2,1-2H3/t21-,22?,23?/m1/s1. The van der Waals surface area contributed by atoms with Gasteiger partial charge in [-0.1, -0.05) is 41.3 Å². The molecule has 0 N–H and O–H groups in total. The van der Waals surface area contributed by atoms with E-state index in [2.05, 4.69) is 0 Å². The Kier molecular flexibility index (Phi) is 7.15. The molecule has 2 unspecified atom stereocenters. The number of methoxy groups -OCH3 is 2. The second kappa shape index (κ2) is 10.8. The average molecular weight is 582 g/mol. The van der Waals surface area contributed by atoms with Gasteiger partial charge in [0.15, 0.2) is 0 Å². The van der Waals surface area contributed by atoms with Crippen LogP contribution in [0.3, 0.4) is 0 Å². The lowest BCUT2D eigenvalue weighted by molar-refractivity contribution is -0.136. The Labute approximate surface area is 238 Å². The number of imide groups is 1. The zero-order valence-corrected chi connectivity index (χ0v) is 23.5. The molecule has 2 saturated heterocycles. The molecule has 6 rings (SSSR count). The second-order valence-electron chi connectivity index (χ2n) is 9.61. The van der Waals surface area contributed by atoms with Gasteiger partial charge in [-0.25, -0.2) is 4.90 Å². The highest BCUT2D eigenvalue weighted by Crippen LogP contribution is 2.55. The lowest BCUT2D eigenvalue weighted by Gasteiger charge is -2.32. The zero-order valence-electron chi connectivity index (χ0n) is 21.9.